The van der Waals surface area contributed by atoms with Crippen LogP contribution in [-0.2, 0) is 0 Å². The molecule has 2 aliphatic rings. The molecule has 22 heavy (non-hydrogen) atoms. The van der Waals surface area contributed by atoms with Crippen LogP contribution in [0.5, 0.6) is 0 Å². The van der Waals surface area contributed by atoms with E-state index in [2.05, 4.69) is 36.2 Å². The molecule has 4 rings (SSSR count). The molecule has 1 saturated carbocycles. The van der Waals surface area contributed by atoms with Crippen molar-refractivity contribution >= 4 is 11.0 Å². The maximum Gasteiger partial charge on any atom is 0.134 e. The molecular weight excluding hydrogens is 270 g/mol. The highest BCUT2D eigenvalue weighted by molar-refractivity contribution is 5.79. The molecule has 2 nitrogen and oxygen atoms in total. The standard InChI is InChI=1S/C20H27NO/c1-21-11-9-16(10-12-21)20-14-18-13-17(7-8-19(18)22-20)15-5-3-2-4-6-15/h7-8,13-16H,2-6,9-12H2,1H3. The number of nitrogens with zero attached hydrogens (tertiary/aromatic N) is 1. The maximum atomic E-state index is 6.17. The molecule has 1 aromatic heterocycles. The summed E-state index contributed by atoms with van der Waals surface area (Å²) in [7, 11) is 2.21. The van der Waals surface area contributed by atoms with Gasteiger partial charge >= 0.3 is 0 Å². The quantitative estimate of drug-likeness (QED) is 0.749. The highest BCUT2D eigenvalue weighted by atomic mass is 16.3. The molecular formula is C20H27NO. The fraction of sp³-hybridized carbons (Fsp3) is 0.600. The second-order valence-electron chi connectivity index (χ2n) is 7.36. The number of benzene rings is 1. The molecule has 2 fully saturated rings. The van der Waals surface area contributed by atoms with E-state index in [9.17, 15) is 0 Å². The van der Waals surface area contributed by atoms with Crippen LogP contribution in [0.4, 0.5) is 0 Å². The van der Waals surface area contributed by atoms with Crippen molar-refractivity contribution < 1.29 is 4.42 Å². The first-order valence-electron chi connectivity index (χ1n) is 9.01. The summed E-state index contributed by atoms with van der Waals surface area (Å²) < 4.78 is 6.17. The summed E-state index contributed by atoms with van der Waals surface area (Å²) in [6.45, 7) is 2.38. The van der Waals surface area contributed by atoms with E-state index in [0.717, 1.165) is 11.5 Å². The Morgan fingerprint density at radius 3 is 2.45 bits per heavy atom. The molecule has 0 spiro atoms. The van der Waals surface area contributed by atoms with E-state index < -0.39 is 0 Å². The highest BCUT2D eigenvalue weighted by Gasteiger charge is 2.22. The van der Waals surface area contributed by atoms with Gasteiger partial charge in [0, 0.05) is 11.3 Å². The highest BCUT2D eigenvalue weighted by Crippen LogP contribution is 2.36. The first-order valence-corrected chi connectivity index (χ1v) is 9.01. The minimum absolute atomic E-state index is 0.613. The lowest BCUT2D eigenvalue weighted by atomic mass is 9.84. The summed E-state index contributed by atoms with van der Waals surface area (Å²) in [5.41, 5.74) is 2.61. The molecule has 1 aliphatic carbocycles. The Morgan fingerprint density at radius 2 is 1.68 bits per heavy atom. The molecule has 0 radical (unpaired) electrons. The van der Waals surface area contributed by atoms with E-state index in [-0.39, 0.29) is 0 Å². The zero-order valence-electron chi connectivity index (χ0n) is 13.7. The molecule has 0 N–H and O–H groups in total. The topological polar surface area (TPSA) is 16.4 Å². The van der Waals surface area contributed by atoms with Crippen LogP contribution in [0.15, 0.2) is 28.7 Å². The zero-order valence-corrected chi connectivity index (χ0v) is 13.7. The Bertz CT molecular complexity index is 630. The van der Waals surface area contributed by atoms with Gasteiger partial charge in [-0.25, -0.2) is 0 Å². The third-order valence-corrected chi connectivity index (χ3v) is 5.76. The summed E-state index contributed by atoms with van der Waals surface area (Å²) in [6, 6.07) is 9.23. The van der Waals surface area contributed by atoms with Crippen LogP contribution in [0.3, 0.4) is 0 Å². The molecule has 2 heteroatoms. The predicted molar refractivity (Wildman–Crippen MR) is 91.5 cm³/mol. The van der Waals surface area contributed by atoms with Crippen molar-refractivity contribution in [3.63, 3.8) is 0 Å². The van der Waals surface area contributed by atoms with Crippen LogP contribution >= 0.6 is 0 Å². The smallest absolute Gasteiger partial charge is 0.134 e. The number of hydrogen-bond donors (Lipinski definition) is 0. The van der Waals surface area contributed by atoms with Gasteiger partial charge in [-0.1, -0.05) is 25.3 Å². The monoisotopic (exact) mass is 297 g/mol. The van der Waals surface area contributed by atoms with Gasteiger partial charge in [-0.05, 0) is 75.5 Å². The van der Waals surface area contributed by atoms with Crippen molar-refractivity contribution in [2.75, 3.05) is 20.1 Å². The number of piperidine rings is 1. The van der Waals surface area contributed by atoms with E-state index in [0.29, 0.717) is 5.92 Å². The third-order valence-electron chi connectivity index (χ3n) is 5.76. The first-order chi connectivity index (χ1) is 10.8. The second-order valence-corrected chi connectivity index (χ2v) is 7.36. The molecule has 0 amide bonds. The molecule has 1 aliphatic heterocycles. The molecule has 0 atom stereocenters. The van der Waals surface area contributed by atoms with E-state index in [4.69, 9.17) is 4.42 Å². The van der Waals surface area contributed by atoms with Crippen molar-refractivity contribution in [3.8, 4) is 0 Å². The summed E-state index contributed by atoms with van der Waals surface area (Å²) in [5.74, 6) is 2.60. The lowest BCUT2D eigenvalue weighted by Crippen LogP contribution is -2.29. The predicted octanol–water partition coefficient (Wildman–Crippen LogP) is 5.29. The van der Waals surface area contributed by atoms with Crippen molar-refractivity contribution in [1.82, 2.24) is 4.90 Å². The second kappa shape index (κ2) is 6.08. The van der Waals surface area contributed by atoms with E-state index >= 15 is 0 Å². The van der Waals surface area contributed by atoms with Gasteiger partial charge in [0.15, 0.2) is 0 Å². The Kier molecular flexibility index (Phi) is 3.96. The third kappa shape index (κ3) is 2.81. The fourth-order valence-electron chi connectivity index (χ4n) is 4.27. The average Bonchev–Trinajstić information content (AvgIpc) is 2.99. The maximum absolute atomic E-state index is 6.17. The van der Waals surface area contributed by atoms with Gasteiger partial charge in [-0.2, -0.15) is 0 Å². The van der Waals surface area contributed by atoms with Crippen LogP contribution < -0.4 is 0 Å². The molecule has 0 bridgehead atoms. The number of furan rings is 1. The normalized spacial score (nSPS) is 22.4. The molecule has 2 heterocycles. The molecule has 118 valence electrons. The van der Waals surface area contributed by atoms with Crippen LogP contribution in [0, 0.1) is 0 Å². The van der Waals surface area contributed by atoms with Gasteiger partial charge in [0.2, 0.25) is 0 Å². The molecule has 0 unspecified atom stereocenters. The Hall–Kier alpha value is -1.28. The summed E-state index contributed by atoms with van der Waals surface area (Å²) >= 11 is 0. The van der Waals surface area contributed by atoms with E-state index in [1.165, 1.54) is 74.7 Å². The number of fused-ring (bicyclic) bond motifs is 1. The van der Waals surface area contributed by atoms with E-state index in [1.807, 2.05) is 0 Å². The minimum atomic E-state index is 0.613. The van der Waals surface area contributed by atoms with E-state index in [1.54, 1.807) is 0 Å². The fourth-order valence-corrected chi connectivity index (χ4v) is 4.27. The summed E-state index contributed by atoms with van der Waals surface area (Å²) in [6.07, 6.45) is 9.41. The van der Waals surface area contributed by atoms with Crippen LogP contribution in [-0.4, -0.2) is 25.0 Å². The SMILES string of the molecule is CN1CCC(c2cc3cc(C4CCCCC4)ccc3o2)CC1. The van der Waals surface area contributed by atoms with Crippen molar-refractivity contribution in [2.24, 2.45) is 0 Å². The Labute approximate surface area is 133 Å². The molecule has 1 saturated heterocycles. The van der Waals surface area contributed by atoms with Gasteiger partial charge in [0.25, 0.3) is 0 Å². The lowest BCUT2D eigenvalue weighted by molar-refractivity contribution is 0.242. The zero-order chi connectivity index (χ0) is 14.9. The Balaban J connectivity index is 1.58. The lowest BCUT2D eigenvalue weighted by Gasteiger charge is -2.27. The van der Waals surface area contributed by atoms with Gasteiger partial charge < -0.3 is 9.32 Å². The Morgan fingerprint density at radius 1 is 0.909 bits per heavy atom. The van der Waals surface area contributed by atoms with Crippen molar-refractivity contribution in [2.45, 2.75) is 56.8 Å². The number of rotatable bonds is 2. The van der Waals surface area contributed by atoms with Crippen LogP contribution in [0.1, 0.15) is 68.1 Å². The summed E-state index contributed by atoms with van der Waals surface area (Å²) in [5, 5.41) is 1.32. The first kappa shape index (κ1) is 14.3. The van der Waals surface area contributed by atoms with Gasteiger partial charge in [-0.15, -0.1) is 0 Å². The summed E-state index contributed by atoms with van der Waals surface area (Å²) in [4.78, 5) is 2.42. The number of hydrogen-bond acceptors (Lipinski definition) is 2. The van der Waals surface area contributed by atoms with Crippen LogP contribution in [0.2, 0.25) is 0 Å². The largest absolute Gasteiger partial charge is 0.461 e. The van der Waals surface area contributed by atoms with Crippen LogP contribution in [0.25, 0.3) is 11.0 Å². The van der Waals surface area contributed by atoms with Gasteiger partial charge in [-0.3, -0.25) is 0 Å². The molecule has 1 aromatic carbocycles. The average molecular weight is 297 g/mol. The number of likely N-dealkylation sites (tertiary alicyclic amines) is 1. The van der Waals surface area contributed by atoms with Gasteiger partial charge in [0.05, 0.1) is 0 Å². The minimum Gasteiger partial charge on any atom is -0.461 e. The molecule has 2 aromatic rings. The van der Waals surface area contributed by atoms with Gasteiger partial charge in [0.1, 0.15) is 11.3 Å². The van der Waals surface area contributed by atoms with Crippen molar-refractivity contribution in [3.05, 3.63) is 35.6 Å². The van der Waals surface area contributed by atoms with Crippen molar-refractivity contribution in [1.29, 1.82) is 0 Å².